The molecule has 1 saturated carbocycles. The maximum Gasteiger partial charge on any atom is 0.277 e. The van der Waals surface area contributed by atoms with Gasteiger partial charge in [-0.1, -0.05) is 58.3 Å². The van der Waals surface area contributed by atoms with Crippen LogP contribution in [-0.4, -0.2) is 52.1 Å². The van der Waals surface area contributed by atoms with Crippen molar-refractivity contribution >= 4 is 40.3 Å². The molecule has 0 atom stereocenters. The van der Waals surface area contributed by atoms with E-state index in [1.807, 2.05) is 32.9 Å². The first-order chi connectivity index (χ1) is 21.0. The third-order valence-corrected chi connectivity index (χ3v) is 9.18. The number of benzene rings is 1. The zero-order valence-corrected chi connectivity index (χ0v) is 27.7. The number of allylic oxidation sites excluding steroid dienone is 2. The highest BCUT2D eigenvalue weighted by Gasteiger charge is 2.46. The molecule has 1 aromatic carbocycles. The average Bonchev–Trinajstić information content (AvgIpc) is 3.62. The fourth-order valence-corrected chi connectivity index (χ4v) is 6.59. The molecule has 1 heterocycles. The monoisotopic (exact) mass is 604 g/mol. The molecule has 1 aliphatic heterocycles. The molecule has 3 aliphatic rings. The van der Waals surface area contributed by atoms with E-state index in [2.05, 4.69) is 31.0 Å². The standard InChI is InChI=1S/C36H52N4O4/c1-7-10-11-12-13-18-29(41)37-28-23-25(39(8-2)9-3)20-21-26(28)30-33(42)32(34(30)43)31-27(22-19-24-16-14-15-17-24)38-40(35(31)44)36(4,5)6/h20-21,23-24,42H,7-19,22H2,1-6H3,(H,37,41)/b32-31-. The van der Waals surface area contributed by atoms with E-state index < -0.39 is 5.54 Å². The molecule has 8 heteroatoms. The second-order valence-corrected chi connectivity index (χ2v) is 13.4. The number of hydrazone groups is 1. The van der Waals surface area contributed by atoms with E-state index in [1.165, 1.54) is 30.7 Å². The second-order valence-electron chi connectivity index (χ2n) is 13.4. The van der Waals surface area contributed by atoms with Crippen molar-refractivity contribution in [2.45, 2.75) is 124 Å². The molecule has 0 bridgehead atoms. The number of nitrogens with one attached hydrogen (secondary N) is 1. The van der Waals surface area contributed by atoms with Gasteiger partial charge in [-0.05, 0) is 78.0 Å². The minimum absolute atomic E-state index is 0.0444. The van der Waals surface area contributed by atoms with Crippen LogP contribution in [0.1, 0.15) is 124 Å². The van der Waals surface area contributed by atoms with Crippen LogP contribution in [0.3, 0.4) is 0 Å². The normalized spacial score (nSPS) is 19.1. The molecule has 2 aliphatic carbocycles. The Morgan fingerprint density at radius 2 is 1.68 bits per heavy atom. The summed E-state index contributed by atoms with van der Waals surface area (Å²) in [5.41, 5.74) is 2.31. The van der Waals surface area contributed by atoms with Crippen LogP contribution in [0.2, 0.25) is 0 Å². The lowest BCUT2D eigenvalue weighted by Gasteiger charge is -2.29. The van der Waals surface area contributed by atoms with Gasteiger partial charge < -0.3 is 15.3 Å². The Bertz CT molecular complexity index is 1340. The fraction of sp³-hybridized carbons (Fsp3) is 0.611. The number of carbonyl (C=O) groups excluding carboxylic acids is 3. The Labute approximate surface area is 263 Å². The minimum Gasteiger partial charge on any atom is -0.506 e. The van der Waals surface area contributed by atoms with Gasteiger partial charge in [0.15, 0.2) is 0 Å². The molecule has 0 radical (unpaired) electrons. The molecule has 240 valence electrons. The highest BCUT2D eigenvalue weighted by atomic mass is 16.3. The first-order valence-corrected chi connectivity index (χ1v) is 16.9. The summed E-state index contributed by atoms with van der Waals surface area (Å²) in [6.45, 7) is 13.6. The first kappa shape index (κ1) is 33.5. The number of amides is 2. The van der Waals surface area contributed by atoms with Gasteiger partial charge in [-0.3, -0.25) is 14.4 Å². The van der Waals surface area contributed by atoms with Gasteiger partial charge in [0.2, 0.25) is 11.7 Å². The van der Waals surface area contributed by atoms with Crippen LogP contribution in [0.4, 0.5) is 11.4 Å². The predicted molar refractivity (Wildman–Crippen MR) is 179 cm³/mol. The molecule has 44 heavy (non-hydrogen) atoms. The van der Waals surface area contributed by atoms with Gasteiger partial charge in [-0.15, -0.1) is 0 Å². The zero-order chi connectivity index (χ0) is 32.0. The molecule has 0 aromatic heterocycles. The Kier molecular flexibility index (Phi) is 11.1. The number of anilines is 2. The van der Waals surface area contributed by atoms with E-state index in [0.717, 1.165) is 57.3 Å². The van der Waals surface area contributed by atoms with Gasteiger partial charge in [-0.2, -0.15) is 5.10 Å². The maximum atomic E-state index is 13.9. The SMILES string of the molecule is CCCCCCCC(=O)Nc1cc(N(CC)CC)ccc1C1=C(O)/C(=C2/C(=O)N(C(C)(C)C)N=C2CCC2CCCC2)C1=O. The maximum absolute atomic E-state index is 13.9. The van der Waals surface area contributed by atoms with E-state index in [0.29, 0.717) is 35.7 Å². The van der Waals surface area contributed by atoms with Crippen LogP contribution in [0.25, 0.3) is 5.57 Å². The van der Waals surface area contributed by atoms with E-state index in [4.69, 9.17) is 5.10 Å². The lowest BCUT2D eigenvalue weighted by molar-refractivity contribution is -0.130. The topological polar surface area (TPSA) is 102 Å². The molecule has 0 unspecified atom stereocenters. The van der Waals surface area contributed by atoms with Crippen LogP contribution in [0.15, 0.2) is 40.2 Å². The summed E-state index contributed by atoms with van der Waals surface area (Å²) in [7, 11) is 0. The number of aliphatic hydroxyl groups excluding tert-OH is 1. The second kappa shape index (κ2) is 14.6. The molecule has 1 fully saturated rings. The molecule has 8 nitrogen and oxygen atoms in total. The van der Waals surface area contributed by atoms with E-state index in [9.17, 15) is 19.5 Å². The predicted octanol–water partition coefficient (Wildman–Crippen LogP) is 7.95. The number of unbranched alkanes of at least 4 members (excludes halogenated alkanes) is 4. The summed E-state index contributed by atoms with van der Waals surface area (Å²) in [6, 6.07) is 5.59. The van der Waals surface area contributed by atoms with Crippen molar-refractivity contribution in [2.24, 2.45) is 11.0 Å². The van der Waals surface area contributed by atoms with Crippen molar-refractivity contribution < 1.29 is 19.5 Å². The largest absolute Gasteiger partial charge is 0.506 e. The number of hydrogen-bond acceptors (Lipinski definition) is 6. The molecular formula is C36H52N4O4. The van der Waals surface area contributed by atoms with Gasteiger partial charge in [-0.25, -0.2) is 5.01 Å². The highest BCUT2D eigenvalue weighted by molar-refractivity contribution is 6.44. The Morgan fingerprint density at radius 3 is 2.30 bits per heavy atom. The average molecular weight is 605 g/mol. The highest BCUT2D eigenvalue weighted by Crippen LogP contribution is 2.44. The summed E-state index contributed by atoms with van der Waals surface area (Å²) < 4.78 is 0. The number of rotatable bonds is 14. The quantitative estimate of drug-likeness (QED) is 0.166. The number of hydrogen-bond donors (Lipinski definition) is 2. The summed E-state index contributed by atoms with van der Waals surface area (Å²) in [6.07, 6.45) is 11.9. The van der Waals surface area contributed by atoms with Crippen molar-refractivity contribution in [2.75, 3.05) is 23.3 Å². The summed E-state index contributed by atoms with van der Waals surface area (Å²) >= 11 is 0. The number of nitrogens with zero attached hydrogens (tertiary/aromatic N) is 3. The lowest BCUT2D eigenvalue weighted by Crippen LogP contribution is -2.40. The summed E-state index contributed by atoms with van der Waals surface area (Å²) in [5.74, 6) is -0.449. The van der Waals surface area contributed by atoms with Crippen LogP contribution in [0.5, 0.6) is 0 Å². The minimum atomic E-state index is -0.568. The Hall–Kier alpha value is -3.42. The van der Waals surface area contributed by atoms with Crippen molar-refractivity contribution in [3.8, 4) is 0 Å². The van der Waals surface area contributed by atoms with Gasteiger partial charge in [0, 0.05) is 30.8 Å². The van der Waals surface area contributed by atoms with Crippen molar-refractivity contribution in [1.29, 1.82) is 0 Å². The molecule has 0 saturated heterocycles. The Morgan fingerprint density at radius 1 is 1.00 bits per heavy atom. The molecular weight excluding hydrogens is 552 g/mol. The van der Waals surface area contributed by atoms with Gasteiger partial charge in [0.25, 0.3) is 5.91 Å². The molecule has 2 amide bonds. The fourth-order valence-electron chi connectivity index (χ4n) is 6.59. The third kappa shape index (κ3) is 7.27. The van der Waals surface area contributed by atoms with E-state index >= 15 is 0 Å². The molecule has 4 rings (SSSR count). The van der Waals surface area contributed by atoms with Crippen molar-refractivity contribution in [3.63, 3.8) is 0 Å². The molecule has 1 aromatic rings. The van der Waals surface area contributed by atoms with Gasteiger partial charge in [0.05, 0.1) is 33.7 Å². The van der Waals surface area contributed by atoms with Crippen LogP contribution >= 0.6 is 0 Å². The first-order valence-electron chi connectivity index (χ1n) is 16.9. The summed E-state index contributed by atoms with van der Waals surface area (Å²) in [5, 5.41) is 20.6. The van der Waals surface area contributed by atoms with Crippen LogP contribution in [0, 0.1) is 5.92 Å². The number of Topliss-reactive ketones (excluding diaryl/α,β-unsaturated/α-hetero) is 1. The summed E-state index contributed by atoms with van der Waals surface area (Å²) in [4.78, 5) is 42.8. The van der Waals surface area contributed by atoms with E-state index in [1.54, 1.807) is 6.07 Å². The molecule has 2 N–H and O–H groups in total. The van der Waals surface area contributed by atoms with Gasteiger partial charge in [0.1, 0.15) is 5.76 Å². The smallest absolute Gasteiger partial charge is 0.277 e. The number of aliphatic hydroxyl groups is 1. The van der Waals surface area contributed by atoms with Crippen molar-refractivity contribution in [1.82, 2.24) is 5.01 Å². The van der Waals surface area contributed by atoms with Crippen molar-refractivity contribution in [3.05, 3.63) is 40.7 Å². The van der Waals surface area contributed by atoms with E-state index in [-0.39, 0.29) is 40.1 Å². The third-order valence-electron chi connectivity index (χ3n) is 9.18. The number of carbonyl (C=O) groups is 3. The van der Waals surface area contributed by atoms with Crippen LogP contribution in [-0.2, 0) is 14.4 Å². The molecule has 0 spiro atoms. The number of ketones is 1. The van der Waals surface area contributed by atoms with Gasteiger partial charge >= 0.3 is 0 Å². The van der Waals surface area contributed by atoms with Crippen LogP contribution < -0.4 is 10.2 Å². The Balaban J connectivity index is 1.69. The zero-order valence-electron chi connectivity index (χ0n) is 27.7. The lowest BCUT2D eigenvalue weighted by atomic mass is 9.78.